The van der Waals surface area contributed by atoms with Crippen LogP contribution in [0.2, 0.25) is 0 Å². The van der Waals surface area contributed by atoms with Crippen molar-refractivity contribution in [3.8, 4) is 5.75 Å². The first-order valence-electron chi connectivity index (χ1n) is 9.93. The Morgan fingerprint density at radius 1 is 1.12 bits per heavy atom. The van der Waals surface area contributed by atoms with E-state index in [0.717, 1.165) is 6.07 Å². The number of rotatable bonds is 4. The maximum atomic E-state index is 13.5. The first kappa shape index (κ1) is 20.8. The molecular weight excluding hydrogens is 424 g/mol. The van der Waals surface area contributed by atoms with Gasteiger partial charge < -0.3 is 34.3 Å². The number of Topliss-reactive ketones (excluding diaryl/α,β-unsaturated/α-hetero) is 1. The number of esters is 1. The molecule has 0 radical (unpaired) electrons. The van der Waals surface area contributed by atoms with Crippen molar-refractivity contribution in [1.29, 1.82) is 0 Å². The maximum Gasteiger partial charge on any atom is 0.342 e. The number of ether oxygens (including phenoxy) is 2. The average molecular weight is 444 g/mol. The molecule has 32 heavy (non-hydrogen) atoms. The minimum atomic E-state index is -2.92. The molecule has 2 aromatic rings. The zero-order chi connectivity index (χ0) is 23.1. The van der Waals surface area contributed by atoms with Crippen molar-refractivity contribution in [2.75, 3.05) is 7.11 Å². The lowest BCUT2D eigenvalue weighted by Gasteiger charge is -2.50. The van der Waals surface area contributed by atoms with Gasteiger partial charge in [-0.1, -0.05) is 30.3 Å². The van der Waals surface area contributed by atoms with Crippen LogP contribution in [0.25, 0.3) is 0 Å². The van der Waals surface area contributed by atoms with Gasteiger partial charge in [0.1, 0.15) is 34.9 Å². The highest BCUT2D eigenvalue weighted by Crippen LogP contribution is 2.67. The highest BCUT2D eigenvalue weighted by Gasteiger charge is 2.88. The molecule has 168 valence electrons. The number of aliphatic hydroxyl groups excluding tert-OH is 1. The van der Waals surface area contributed by atoms with Gasteiger partial charge >= 0.3 is 11.6 Å². The Bertz CT molecular complexity index is 1170. The smallest absolute Gasteiger partial charge is 0.342 e. The molecule has 3 aliphatic rings. The van der Waals surface area contributed by atoms with Crippen molar-refractivity contribution < 1.29 is 43.9 Å². The fraction of sp³-hybridized carbons (Fsp3) is 0.409. The van der Waals surface area contributed by atoms with Crippen molar-refractivity contribution in [3.63, 3.8) is 0 Å². The molecule has 4 N–H and O–H groups in total. The van der Waals surface area contributed by atoms with E-state index >= 15 is 0 Å². The number of methoxy groups -OCH3 is 1. The van der Waals surface area contributed by atoms with Crippen LogP contribution in [0.5, 0.6) is 5.75 Å². The molecule has 2 aliphatic carbocycles. The third-order valence-electron chi connectivity index (χ3n) is 6.99. The van der Waals surface area contributed by atoms with Crippen molar-refractivity contribution in [3.05, 3.63) is 64.2 Å². The number of hydrogen-bond donors (Lipinski definition) is 4. The Morgan fingerprint density at radius 3 is 2.47 bits per heavy atom. The van der Waals surface area contributed by atoms with E-state index in [2.05, 4.69) is 0 Å². The van der Waals surface area contributed by atoms with Crippen LogP contribution < -0.4 is 10.4 Å². The molecule has 10 heteroatoms. The SMILES string of the molecule is COc1cc([C@@H]2[C@@]3(O)[C@@H](O)[C@H]4C[C@@]2(O)[C@@](O)(C(=O)O4)[C@H]3C(=O)c2ccccc2)oc(=O)c1. The summed E-state index contributed by atoms with van der Waals surface area (Å²) in [5, 5.41) is 46.1. The lowest BCUT2D eigenvalue weighted by molar-refractivity contribution is -0.252. The summed E-state index contributed by atoms with van der Waals surface area (Å²) >= 11 is 0. The third-order valence-corrected chi connectivity index (χ3v) is 6.99. The summed E-state index contributed by atoms with van der Waals surface area (Å²) in [6, 6.07) is 9.75. The van der Waals surface area contributed by atoms with Gasteiger partial charge in [-0.25, -0.2) is 9.59 Å². The van der Waals surface area contributed by atoms with E-state index in [-0.39, 0.29) is 17.1 Å². The molecule has 3 bridgehead atoms. The summed E-state index contributed by atoms with van der Waals surface area (Å²) < 4.78 is 15.4. The fourth-order valence-electron chi connectivity index (χ4n) is 5.68. The number of benzene rings is 1. The Hall–Kier alpha value is -3.05. The number of carbonyl (C=O) groups excluding carboxylic acids is 2. The molecule has 7 atom stereocenters. The minimum absolute atomic E-state index is 0.0218. The monoisotopic (exact) mass is 444 g/mol. The van der Waals surface area contributed by atoms with Gasteiger partial charge in [0.25, 0.3) is 0 Å². The predicted molar refractivity (Wildman–Crippen MR) is 104 cm³/mol. The summed E-state index contributed by atoms with van der Waals surface area (Å²) in [4.78, 5) is 38.5. The zero-order valence-electron chi connectivity index (χ0n) is 16.8. The first-order chi connectivity index (χ1) is 15.1. The van der Waals surface area contributed by atoms with E-state index in [9.17, 15) is 34.8 Å². The standard InChI is InChI=1S/C22H20O10/c1-30-11-7-12(31-14(23)8-11)16-20(27)9-13-18(25)21(16,28)17(22(20,29)19(26)32-13)15(24)10-5-3-2-4-6-10/h2-8,13,16-18,25,27-29H,9H2,1H3/t13-,16+,17+,18+,20+,21+,22+/m1/s1. The van der Waals surface area contributed by atoms with Crippen LogP contribution in [0.4, 0.5) is 0 Å². The predicted octanol–water partition coefficient (Wildman–Crippen LogP) is -0.872. The van der Waals surface area contributed by atoms with Crippen molar-refractivity contribution in [2.45, 2.75) is 41.3 Å². The number of hydrogen-bond acceptors (Lipinski definition) is 10. The normalized spacial score (nSPS) is 39.6. The maximum absolute atomic E-state index is 13.5. The molecule has 1 aromatic heterocycles. The van der Waals surface area contributed by atoms with Crippen molar-refractivity contribution in [1.82, 2.24) is 0 Å². The van der Waals surface area contributed by atoms with Crippen molar-refractivity contribution in [2.24, 2.45) is 5.92 Å². The molecule has 0 amide bonds. The topological polar surface area (TPSA) is 164 Å². The van der Waals surface area contributed by atoms with Gasteiger partial charge in [-0.15, -0.1) is 0 Å². The highest BCUT2D eigenvalue weighted by atomic mass is 16.6. The van der Waals surface area contributed by atoms with E-state index in [0.29, 0.717) is 0 Å². The van der Waals surface area contributed by atoms with Crippen LogP contribution in [0, 0.1) is 5.92 Å². The Labute approximate surface area is 180 Å². The lowest BCUT2D eigenvalue weighted by Crippen LogP contribution is -2.69. The highest BCUT2D eigenvalue weighted by molar-refractivity contribution is 6.05. The van der Waals surface area contributed by atoms with Gasteiger partial charge in [0.15, 0.2) is 5.78 Å². The molecule has 2 heterocycles. The van der Waals surface area contributed by atoms with Gasteiger partial charge in [0, 0.05) is 18.1 Å². The van der Waals surface area contributed by atoms with E-state index in [1.165, 1.54) is 25.3 Å². The molecular formula is C22H20O10. The molecule has 5 rings (SSSR count). The molecule has 1 aliphatic heterocycles. The Balaban J connectivity index is 1.80. The Kier molecular flexibility index (Phi) is 4.22. The molecule has 1 saturated heterocycles. The second-order valence-electron chi connectivity index (χ2n) is 8.49. The van der Waals surface area contributed by atoms with Gasteiger partial charge in [0.2, 0.25) is 5.60 Å². The van der Waals surface area contributed by atoms with Gasteiger partial charge in [-0.05, 0) is 0 Å². The second-order valence-corrected chi connectivity index (χ2v) is 8.49. The van der Waals surface area contributed by atoms with E-state index in [1.807, 2.05) is 0 Å². The first-order valence-corrected chi connectivity index (χ1v) is 9.93. The number of fused-ring (bicyclic) bond motifs is 2. The number of ketones is 1. The second kappa shape index (κ2) is 6.48. The summed E-state index contributed by atoms with van der Waals surface area (Å²) in [6.45, 7) is 0. The molecule has 2 saturated carbocycles. The van der Waals surface area contributed by atoms with Crippen LogP contribution in [0.1, 0.15) is 28.5 Å². The largest absolute Gasteiger partial charge is 0.496 e. The summed E-state index contributed by atoms with van der Waals surface area (Å²) in [6.07, 6.45) is -3.76. The number of carbonyl (C=O) groups is 2. The van der Waals surface area contributed by atoms with E-state index < -0.39 is 64.6 Å². The molecule has 1 aromatic carbocycles. The summed E-state index contributed by atoms with van der Waals surface area (Å²) in [5.74, 6) is -6.31. The third kappa shape index (κ3) is 2.29. The molecule has 0 unspecified atom stereocenters. The summed E-state index contributed by atoms with van der Waals surface area (Å²) in [5.41, 5.74) is -8.89. The van der Waals surface area contributed by atoms with Crippen LogP contribution in [0.15, 0.2) is 51.7 Å². The fourth-order valence-corrected chi connectivity index (χ4v) is 5.68. The van der Waals surface area contributed by atoms with Crippen molar-refractivity contribution >= 4 is 11.8 Å². The summed E-state index contributed by atoms with van der Waals surface area (Å²) in [7, 11) is 1.28. The molecule has 0 spiro atoms. The quantitative estimate of drug-likeness (QED) is 0.344. The Morgan fingerprint density at radius 2 is 1.81 bits per heavy atom. The van der Waals surface area contributed by atoms with E-state index in [4.69, 9.17) is 13.9 Å². The lowest BCUT2D eigenvalue weighted by atomic mass is 9.65. The molecule has 3 fully saturated rings. The minimum Gasteiger partial charge on any atom is -0.496 e. The zero-order valence-corrected chi connectivity index (χ0v) is 16.8. The van der Waals surface area contributed by atoms with Crippen LogP contribution in [0.3, 0.4) is 0 Å². The average Bonchev–Trinajstić information content (AvgIpc) is 2.87. The molecule has 10 nitrogen and oxygen atoms in total. The van der Waals surface area contributed by atoms with Gasteiger partial charge in [-0.3, -0.25) is 4.79 Å². The van der Waals surface area contributed by atoms with Crippen LogP contribution in [-0.4, -0.2) is 68.3 Å². The van der Waals surface area contributed by atoms with Crippen LogP contribution >= 0.6 is 0 Å². The van der Waals surface area contributed by atoms with E-state index in [1.54, 1.807) is 18.2 Å². The van der Waals surface area contributed by atoms with Gasteiger partial charge in [-0.2, -0.15) is 0 Å². The van der Waals surface area contributed by atoms with Gasteiger partial charge in [0.05, 0.1) is 25.0 Å². The van der Waals surface area contributed by atoms with Crippen LogP contribution in [-0.2, 0) is 9.53 Å². The number of aliphatic hydroxyl groups is 4.